The first-order valence-electron chi connectivity index (χ1n) is 6.96. The first kappa shape index (κ1) is 12.4. The molecule has 1 aromatic heterocycles. The lowest BCUT2D eigenvalue weighted by Gasteiger charge is -2.26. The molecule has 4 heteroatoms. The van der Waals surface area contributed by atoms with Crippen LogP contribution in [-0.4, -0.2) is 27.9 Å². The minimum absolute atomic E-state index is 0.735. The van der Waals surface area contributed by atoms with Crippen LogP contribution in [0, 0.1) is 12.8 Å². The third-order valence-corrected chi connectivity index (χ3v) is 3.82. The van der Waals surface area contributed by atoms with Crippen LogP contribution in [-0.2, 0) is 19.4 Å². The summed E-state index contributed by atoms with van der Waals surface area (Å²) < 4.78 is 2.27. The van der Waals surface area contributed by atoms with Gasteiger partial charge in [-0.25, -0.2) is 0 Å². The second-order valence-corrected chi connectivity index (χ2v) is 5.28. The maximum absolute atomic E-state index is 4.34. The average molecular weight is 256 g/mol. The number of hydrogen-bond acceptors (Lipinski definition) is 3. The highest BCUT2D eigenvalue weighted by Crippen LogP contribution is 2.13. The van der Waals surface area contributed by atoms with Gasteiger partial charge < -0.3 is 9.88 Å². The first-order valence-corrected chi connectivity index (χ1v) is 6.96. The van der Waals surface area contributed by atoms with Crippen molar-refractivity contribution in [3.8, 4) is 0 Å². The summed E-state index contributed by atoms with van der Waals surface area (Å²) in [4.78, 5) is 0. The van der Waals surface area contributed by atoms with Crippen LogP contribution in [0.25, 0.3) is 0 Å². The van der Waals surface area contributed by atoms with Crippen molar-refractivity contribution in [2.24, 2.45) is 5.92 Å². The molecule has 0 radical (unpaired) electrons. The normalized spacial score (nSPS) is 15.4. The highest BCUT2D eigenvalue weighted by molar-refractivity contribution is 5.15. The van der Waals surface area contributed by atoms with E-state index in [9.17, 15) is 0 Å². The molecule has 3 rings (SSSR count). The molecule has 0 bridgehead atoms. The van der Waals surface area contributed by atoms with E-state index in [2.05, 4.69) is 50.4 Å². The fraction of sp³-hybridized carbons (Fsp3) is 0.467. The fourth-order valence-electron chi connectivity index (χ4n) is 2.50. The highest BCUT2D eigenvalue weighted by Gasteiger charge is 2.20. The van der Waals surface area contributed by atoms with Crippen molar-refractivity contribution >= 4 is 0 Å². The summed E-state index contributed by atoms with van der Waals surface area (Å²) in [5, 5.41) is 11.9. The molecule has 1 aliphatic heterocycles. The molecule has 1 N–H and O–H groups in total. The van der Waals surface area contributed by atoms with Crippen molar-refractivity contribution in [1.29, 1.82) is 0 Å². The largest absolute Gasteiger partial charge is 0.316 e. The van der Waals surface area contributed by atoms with Gasteiger partial charge in [-0.2, -0.15) is 0 Å². The average Bonchev–Trinajstić information content (AvgIpc) is 2.73. The molecule has 1 aliphatic rings. The minimum Gasteiger partial charge on any atom is -0.316 e. The van der Waals surface area contributed by atoms with Gasteiger partial charge in [-0.15, -0.1) is 10.2 Å². The van der Waals surface area contributed by atoms with E-state index in [-0.39, 0.29) is 0 Å². The van der Waals surface area contributed by atoms with Gasteiger partial charge in [0.05, 0.1) is 0 Å². The number of aryl methyl sites for hydroxylation is 2. The molecule has 0 atom stereocenters. The number of rotatable bonds is 5. The molecule has 2 heterocycles. The van der Waals surface area contributed by atoms with Gasteiger partial charge in [0.2, 0.25) is 0 Å². The van der Waals surface area contributed by atoms with Crippen LogP contribution in [0.2, 0.25) is 0 Å². The quantitative estimate of drug-likeness (QED) is 0.883. The standard InChI is InChI=1S/C15H20N4/c1-12-17-18-15(9-14-10-16-11-14)19(12)8-7-13-5-3-2-4-6-13/h2-6,14,16H,7-11H2,1H3. The predicted molar refractivity (Wildman–Crippen MR) is 75.0 cm³/mol. The van der Waals surface area contributed by atoms with Gasteiger partial charge in [0.25, 0.3) is 0 Å². The van der Waals surface area contributed by atoms with Gasteiger partial charge in [-0.1, -0.05) is 30.3 Å². The van der Waals surface area contributed by atoms with Gasteiger partial charge in [0, 0.05) is 13.0 Å². The molecule has 1 fully saturated rings. The van der Waals surface area contributed by atoms with Crippen molar-refractivity contribution < 1.29 is 0 Å². The van der Waals surface area contributed by atoms with Crippen LogP contribution >= 0.6 is 0 Å². The van der Waals surface area contributed by atoms with E-state index in [1.807, 2.05) is 6.92 Å². The lowest BCUT2D eigenvalue weighted by atomic mass is 9.99. The smallest absolute Gasteiger partial charge is 0.133 e. The SMILES string of the molecule is Cc1nnc(CC2CNC2)n1CCc1ccccc1. The zero-order valence-corrected chi connectivity index (χ0v) is 11.3. The summed E-state index contributed by atoms with van der Waals surface area (Å²) in [7, 11) is 0. The Hall–Kier alpha value is -1.68. The molecule has 0 aliphatic carbocycles. The van der Waals surface area contributed by atoms with E-state index in [0.29, 0.717) is 0 Å². The van der Waals surface area contributed by atoms with Crippen molar-refractivity contribution in [2.75, 3.05) is 13.1 Å². The van der Waals surface area contributed by atoms with E-state index >= 15 is 0 Å². The third kappa shape index (κ3) is 2.84. The van der Waals surface area contributed by atoms with E-state index in [1.54, 1.807) is 0 Å². The van der Waals surface area contributed by atoms with E-state index in [1.165, 1.54) is 5.56 Å². The molecule has 1 saturated heterocycles. The zero-order valence-electron chi connectivity index (χ0n) is 11.3. The van der Waals surface area contributed by atoms with Crippen LogP contribution in [0.3, 0.4) is 0 Å². The lowest BCUT2D eigenvalue weighted by Crippen LogP contribution is -2.43. The molecular formula is C15H20N4. The van der Waals surface area contributed by atoms with Crippen LogP contribution in [0.1, 0.15) is 17.2 Å². The maximum Gasteiger partial charge on any atom is 0.133 e. The summed E-state index contributed by atoms with van der Waals surface area (Å²) in [6.45, 7) is 5.24. The molecule has 0 unspecified atom stereocenters. The second kappa shape index (κ2) is 5.53. The maximum atomic E-state index is 4.34. The van der Waals surface area contributed by atoms with Gasteiger partial charge in [0.1, 0.15) is 11.6 Å². The Morgan fingerprint density at radius 1 is 1.21 bits per heavy atom. The zero-order chi connectivity index (χ0) is 13.1. The van der Waals surface area contributed by atoms with E-state index in [0.717, 1.165) is 50.0 Å². The van der Waals surface area contributed by atoms with Gasteiger partial charge in [-0.05, 0) is 37.9 Å². The van der Waals surface area contributed by atoms with Gasteiger partial charge >= 0.3 is 0 Å². The Labute approximate surface area is 113 Å². The van der Waals surface area contributed by atoms with Crippen molar-refractivity contribution in [1.82, 2.24) is 20.1 Å². The van der Waals surface area contributed by atoms with Gasteiger partial charge in [-0.3, -0.25) is 0 Å². The highest BCUT2D eigenvalue weighted by atomic mass is 15.3. The van der Waals surface area contributed by atoms with Crippen LogP contribution in [0.5, 0.6) is 0 Å². The van der Waals surface area contributed by atoms with Crippen LogP contribution in [0.15, 0.2) is 30.3 Å². The molecule has 4 nitrogen and oxygen atoms in total. The van der Waals surface area contributed by atoms with Crippen molar-refractivity contribution in [3.63, 3.8) is 0 Å². The number of nitrogens with zero attached hydrogens (tertiary/aromatic N) is 3. The number of hydrogen-bond donors (Lipinski definition) is 1. The summed E-state index contributed by atoms with van der Waals surface area (Å²) in [6.07, 6.45) is 2.08. The fourth-order valence-corrected chi connectivity index (χ4v) is 2.50. The third-order valence-electron chi connectivity index (χ3n) is 3.82. The summed E-state index contributed by atoms with van der Waals surface area (Å²) >= 11 is 0. The Bertz CT molecular complexity index is 528. The van der Waals surface area contributed by atoms with Crippen molar-refractivity contribution in [2.45, 2.75) is 26.3 Å². The van der Waals surface area contributed by atoms with Crippen molar-refractivity contribution in [3.05, 3.63) is 47.5 Å². The number of nitrogens with one attached hydrogen (secondary N) is 1. The Morgan fingerprint density at radius 2 is 2.00 bits per heavy atom. The van der Waals surface area contributed by atoms with Crippen LogP contribution in [0.4, 0.5) is 0 Å². The molecule has 1 aromatic carbocycles. The van der Waals surface area contributed by atoms with E-state index in [4.69, 9.17) is 0 Å². The van der Waals surface area contributed by atoms with E-state index < -0.39 is 0 Å². The lowest BCUT2D eigenvalue weighted by molar-refractivity contribution is 0.336. The van der Waals surface area contributed by atoms with Crippen LogP contribution < -0.4 is 5.32 Å². The second-order valence-electron chi connectivity index (χ2n) is 5.28. The Morgan fingerprint density at radius 3 is 2.68 bits per heavy atom. The summed E-state index contributed by atoms with van der Waals surface area (Å²) in [6, 6.07) is 10.6. The predicted octanol–water partition coefficient (Wildman–Crippen LogP) is 1.59. The van der Waals surface area contributed by atoms with Gasteiger partial charge in [0.15, 0.2) is 0 Å². The first-order chi connectivity index (χ1) is 9.33. The summed E-state index contributed by atoms with van der Waals surface area (Å²) in [5.41, 5.74) is 1.37. The Kier molecular flexibility index (Phi) is 3.60. The molecular weight excluding hydrogens is 236 g/mol. The summed E-state index contributed by atoms with van der Waals surface area (Å²) in [5.74, 6) is 2.90. The topological polar surface area (TPSA) is 42.7 Å². The molecule has 0 amide bonds. The molecule has 0 spiro atoms. The number of aromatic nitrogens is 3. The number of benzene rings is 1. The molecule has 2 aromatic rings. The Balaban J connectivity index is 1.67. The molecule has 100 valence electrons. The molecule has 19 heavy (non-hydrogen) atoms. The molecule has 0 saturated carbocycles. The monoisotopic (exact) mass is 256 g/mol. The minimum atomic E-state index is 0.735.